The van der Waals surface area contributed by atoms with Crippen LogP contribution < -0.4 is 16.2 Å². The summed E-state index contributed by atoms with van der Waals surface area (Å²) in [5.74, 6) is 0. The Labute approximate surface area is 450 Å². The van der Waals surface area contributed by atoms with Crippen molar-refractivity contribution in [3.63, 3.8) is 0 Å². The van der Waals surface area contributed by atoms with Crippen LogP contribution >= 0.6 is 11.3 Å². The van der Waals surface area contributed by atoms with Crippen molar-refractivity contribution in [3.8, 4) is 49.5 Å². The number of thiophene rings is 1. The Hall–Kier alpha value is -7.60. The van der Waals surface area contributed by atoms with Crippen molar-refractivity contribution in [2.45, 2.75) is 96.8 Å². The topological polar surface area (TPSA) is 30.1 Å². The van der Waals surface area contributed by atoms with E-state index in [-0.39, 0.29) is 21.7 Å². The normalized spacial score (nSPS) is 15.8. The van der Waals surface area contributed by atoms with Gasteiger partial charge in [0.25, 0.3) is 0 Å². The van der Waals surface area contributed by atoms with Gasteiger partial charge in [-0.15, -0.1) is 11.3 Å². The number of anilines is 2. The van der Waals surface area contributed by atoms with Gasteiger partial charge in [-0.1, -0.05) is 177 Å². The van der Waals surface area contributed by atoms with E-state index in [2.05, 4.69) is 249 Å². The Balaban J connectivity index is 1.03. The minimum atomic E-state index is -0.137. The molecule has 76 heavy (non-hydrogen) atoms. The molecule has 0 fully saturated rings. The highest BCUT2D eigenvalue weighted by molar-refractivity contribution is 7.23. The van der Waals surface area contributed by atoms with Gasteiger partial charge in [-0.2, -0.15) is 0 Å². The van der Waals surface area contributed by atoms with Crippen LogP contribution in [0.25, 0.3) is 103 Å². The first-order valence-electron chi connectivity index (χ1n) is 27.3. The molecule has 1 radical (unpaired) electrons. The molecule has 0 unspecified atom stereocenters. The van der Waals surface area contributed by atoms with Crippen molar-refractivity contribution in [1.82, 2.24) is 4.57 Å². The first-order valence-corrected chi connectivity index (χ1v) is 28.1. The fourth-order valence-corrected chi connectivity index (χ4v) is 14.9. The number of hydrogen-bond donors (Lipinski definition) is 1. The number of fused-ring (bicyclic) bond motifs is 13. The second-order valence-corrected chi connectivity index (χ2v) is 26.1. The monoisotopic (exact) mass is 999 g/mol. The van der Waals surface area contributed by atoms with Gasteiger partial charge in [0, 0.05) is 76.0 Å². The van der Waals surface area contributed by atoms with Gasteiger partial charge in [0.05, 0.1) is 11.2 Å². The maximum absolute atomic E-state index is 7.00. The van der Waals surface area contributed by atoms with Crippen LogP contribution in [0, 0.1) is 0 Å². The predicted molar refractivity (Wildman–Crippen MR) is 326 cm³/mol. The Morgan fingerprint density at radius 2 is 1.20 bits per heavy atom. The van der Waals surface area contributed by atoms with Crippen molar-refractivity contribution in [2.75, 3.05) is 5.32 Å². The second-order valence-electron chi connectivity index (χ2n) is 25.0. The summed E-state index contributed by atoms with van der Waals surface area (Å²) in [5, 5.41) is 10.1. The number of benzene rings is 9. The minimum Gasteiger partial charge on any atom is -0.456 e. The average molecular weight is 1000 g/mol. The Bertz CT molecular complexity index is 4440. The predicted octanol–water partition coefficient (Wildman–Crippen LogP) is 18.6. The van der Waals surface area contributed by atoms with Crippen molar-refractivity contribution >= 4 is 94.7 Å². The fraction of sp³-hybridized carbons (Fsp3) is 0.211. The third kappa shape index (κ3) is 6.60. The molecule has 369 valence electrons. The lowest BCUT2D eigenvalue weighted by Gasteiger charge is -2.41. The van der Waals surface area contributed by atoms with Gasteiger partial charge in [-0.3, -0.25) is 0 Å². The number of hydrogen-bond acceptors (Lipinski definition) is 3. The maximum atomic E-state index is 7.00. The molecule has 0 saturated heterocycles. The molecule has 0 bridgehead atoms. The molecule has 1 N–H and O–H groups in total. The van der Waals surface area contributed by atoms with E-state index in [0.29, 0.717) is 0 Å². The molecule has 5 heteroatoms. The molecular weight excluding hydrogens is 940 g/mol. The average Bonchev–Trinajstić information content (AvgIpc) is 4.30. The van der Waals surface area contributed by atoms with Gasteiger partial charge in [0.15, 0.2) is 7.28 Å². The van der Waals surface area contributed by atoms with Gasteiger partial charge in [0.2, 0.25) is 0 Å². The zero-order valence-electron chi connectivity index (χ0n) is 44.9. The summed E-state index contributed by atoms with van der Waals surface area (Å²) in [5.41, 5.74) is 25.8. The Kier molecular flexibility index (Phi) is 9.48. The van der Waals surface area contributed by atoms with Crippen LogP contribution in [0.2, 0.25) is 0 Å². The van der Waals surface area contributed by atoms with E-state index >= 15 is 0 Å². The molecule has 0 amide bonds. The summed E-state index contributed by atoms with van der Waals surface area (Å²) in [6.45, 7) is 21.3. The van der Waals surface area contributed by atoms with Gasteiger partial charge in [-0.25, -0.2) is 0 Å². The van der Waals surface area contributed by atoms with Gasteiger partial charge in [0.1, 0.15) is 11.2 Å². The molecule has 3 aliphatic rings. The molecule has 3 aromatic heterocycles. The quantitative estimate of drug-likeness (QED) is 0.174. The van der Waals surface area contributed by atoms with Gasteiger partial charge in [-0.05, 0) is 145 Å². The zero-order valence-corrected chi connectivity index (χ0v) is 45.7. The highest BCUT2D eigenvalue weighted by Gasteiger charge is 2.39. The van der Waals surface area contributed by atoms with E-state index in [4.69, 9.17) is 4.42 Å². The third-order valence-corrected chi connectivity index (χ3v) is 19.3. The molecule has 0 spiro atoms. The fourth-order valence-electron chi connectivity index (χ4n) is 13.7. The molecule has 3 nitrogen and oxygen atoms in total. The summed E-state index contributed by atoms with van der Waals surface area (Å²) in [7, 11) is 2.50. The molecular formula is C71H60BN2OS. The molecule has 2 aliphatic carbocycles. The summed E-state index contributed by atoms with van der Waals surface area (Å²) in [6, 6.07) is 64.4. The van der Waals surface area contributed by atoms with Crippen molar-refractivity contribution < 1.29 is 4.42 Å². The lowest BCUT2D eigenvalue weighted by atomic mass is 9.59. The largest absolute Gasteiger partial charge is 0.456 e. The van der Waals surface area contributed by atoms with Crippen LogP contribution in [0.4, 0.5) is 11.4 Å². The van der Waals surface area contributed by atoms with E-state index < -0.39 is 0 Å². The molecule has 0 saturated carbocycles. The summed E-state index contributed by atoms with van der Waals surface area (Å²) in [4.78, 5) is 1.29. The Morgan fingerprint density at radius 3 is 1.93 bits per heavy atom. The van der Waals surface area contributed by atoms with Crippen molar-refractivity contribution in [2.24, 2.45) is 0 Å². The summed E-state index contributed by atoms with van der Waals surface area (Å²) in [6.07, 6.45) is 2.31. The molecule has 0 atom stereocenters. The van der Waals surface area contributed by atoms with Crippen LogP contribution in [0.3, 0.4) is 0 Å². The van der Waals surface area contributed by atoms with E-state index in [0.717, 1.165) is 46.3 Å². The van der Waals surface area contributed by atoms with E-state index in [1.54, 1.807) is 0 Å². The highest BCUT2D eigenvalue weighted by atomic mass is 32.1. The molecule has 15 rings (SSSR count). The van der Waals surface area contributed by atoms with Gasteiger partial charge >= 0.3 is 0 Å². The number of nitrogens with zero attached hydrogens (tertiary/aromatic N) is 1. The molecule has 4 heterocycles. The number of aromatic nitrogens is 1. The highest BCUT2D eigenvalue weighted by Crippen LogP contribution is 2.53. The molecule has 1 aliphatic heterocycles. The maximum Gasteiger partial charge on any atom is 0.197 e. The SMILES string of the molecule is CC(C)(C)c1ccc(Nc2cc3oc4cc5c(cc4c3cc2-c2ccc3c4cc6c(cc4n4c3c2[B]c2cc3sc(-c7ccccc7)c(-c7ccccc7)c3cc2-4)-c2ccccc2C6(C)C)C(C)(C)CCC5(C)C)cc1. The Morgan fingerprint density at radius 1 is 0.539 bits per heavy atom. The van der Waals surface area contributed by atoms with E-state index in [1.165, 1.54) is 120 Å². The standard InChI is InChI=1S/C71H60BN2OS/c1-68(2,3)42-24-26-43(27-25-42)73-58-39-62-50(51-34-55-56(37-61(51)75-62)70(6,7)31-30-69(55,4)5)32-48(58)45-28-29-46-49-33-54-47(44-22-16-17-23-53(44)71(54,8)9)35-59(49)74-60-36-52-63(38-57(60)72-65(45)66(46)74)76-67(41-20-14-11-15-21-41)64(52)40-18-12-10-13-19-40/h10-29,32-39,73H,30-31H2,1-9H3. The number of rotatable bonds is 5. The van der Waals surface area contributed by atoms with Crippen LogP contribution in [0.5, 0.6) is 0 Å². The van der Waals surface area contributed by atoms with Crippen LogP contribution in [-0.4, -0.2) is 11.8 Å². The molecule has 9 aromatic carbocycles. The first-order chi connectivity index (χ1) is 36.5. The van der Waals surface area contributed by atoms with Crippen molar-refractivity contribution in [3.05, 3.63) is 198 Å². The number of furan rings is 1. The van der Waals surface area contributed by atoms with Crippen molar-refractivity contribution in [1.29, 1.82) is 0 Å². The lowest BCUT2D eigenvalue weighted by Crippen LogP contribution is -2.37. The zero-order chi connectivity index (χ0) is 51.8. The van der Waals surface area contributed by atoms with Crippen LogP contribution in [0.1, 0.15) is 103 Å². The smallest absolute Gasteiger partial charge is 0.197 e. The summed E-state index contributed by atoms with van der Waals surface area (Å²) >= 11 is 1.90. The first kappa shape index (κ1) is 45.8. The lowest BCUT2D eigenvalue weighted by molar-refractivity contribution is 0.332. The van der Waals surface area contributed by atoms with Gasteiger partial charge < -0.3 is 14.3 Å². The summed E-state index contributed by atoms with van der Waals surface area (Å²) < 4.78 is 10.9. The second kappa shape index (κ2) is 15.7. The van der Waals surface area contributed by atoms with Crippen LogP contribution in [0.15, 0.2) is 174 Å². The number of nitrogens with one attached hydrogen (secondary N) is 1. The van der Waals surface area contributed by atoms with E-state index in [9.17, 15) is 0 Å². The minimum absolute atomic E-state index is 0.0437. The molecule has 12 aromatic rings. The third-order valence-electron chi connectivity index (χ3n) is 18.1. The van der Waals surface area contributed by atoms with Crippen LogP contribution in [-0.2, 0) is 21.7 Å². The van der Waals surface area contributed by atoms with E-state index in [1.807, 2.05) is 11.3 Å².